The Hall–Kier alpha value is -2.18. The Kier molecular flexibility index (Phi) is 7.01. The average molecular weight is 378 g/mol. The molecule has 1 aliphatic heterocycles. The fraction of sp³-hybridized carbons (Fsp3) is 0.429. The summed E-state index contributed by atoms with van der Waals surface area (Å²) in [4.78, 5) is 0. The molecule has 3 rings (SSSR count). The molecule has 1 fully saturated rings. The van der Waals surface area contributed by atoms with Crippen LogP contribution in [0.3, 0.4) is 0 Å². The van der Waals surface area contributed by atoms with Gasteiger partial charge < -0.3 is 19.3 Å². The molecule has 0 amide bonds. The van der Waals surface area contributed by atoms with E-state index in [0.29, 0.717) is 31.6 Å². The van der Waals surface area contributed by atoms with Crippen LogP contribution in [-0.4, -0.2) is 31.0 Å². The molecule has 0 saturated carbocycles. The maximum atomic E-state index is 12.6. The van der Waals surface area contributed by atoms with Gasteiger partial charge in [0.05, 0.1) is 19.3 Å². The van der Waals surface area contributed by atoms with Crippen LogP contribution < -0.4 is 9.47 Å². The second-order valence-corrected chi connectivity index (χ2v) is 6.58. The molecule has 1 heterocycles. The normalized spacial score (nSPS) is 17.9. The second kappa shape index (κ2) is 9.67. The van der Waals surface area contributed by atoms with Crippen molar-refractivity contribution >= 4 is 0 Å². The summed E-state index contributed by atoms with van der Waals surface area (Å²) in [6.45, 7) is -1.94. The first-order valence-electron chi connectivity index (χ1n) is 9.17. The minimum Gasteiger partial charge on any atom is -0.484 e. The summed E-state index contributed by atoms with van der Waals surface area (Å²) in [6.07, 6.45) is 2.04. The lowest BCUT2D eigenvalue weighted by molar-refractivity contribution is -0.0521. The smallest absolute Gasteiger partial charge is 0.387 e. The van der Waals surface area contributed by atoms with Gasteiger partial charge in [0.1, 0.15) is 6.10 Å². The Morgan fingerprint density at radius 2 is 1.93 bits per heavy atom. The van der Waals surface area contributed by atoms with E-state index < -0.39 is 12.7 Å². The number of hydrogen-bond donors (Lipinski definition) is 1. The van der Waals surface area contributed by atoms with Crippen LogP contribution in [-0.2, 0) is 11.2 Å². The van der Waals surface area contributed by atoms with Gasteiger partial charge in [0.2, 0.25) is 0 Å². The predicted molar refractivity (Wildman–Crippen MR) is 97.3 cm³/mol. The molecule has 0 radical (unpaired) electrons. The summed E-state index contributed by atoms with van der Waals surface area (Å²) < 4.78 is 40.9. The predicted octanol–water partition coefficient (Wildman–Crippen LogP) is 4.51. The molecule has 2 aromatic rings. The maximum absolute atomic E-state index is 12.6. The highest BCUT2D eigenvalue weighted by Crippen LogP contribution is 2.34. The first-order valence-corrected chi connectivity index (χ1v) is 9.17. The molecule has 2 unspecified atom stereocenters. The number of alkyl halides is 2. The fourth-order valence-corrected chi connectivity index (χ4v) is 3.11. The number of ether oxygens (including phenoxy) is 3. The van der Waals surface area contributed by atoms with Crippen LogP contribution in [0.2, 0.25) is 0 Å². The Morgan fingerprint density at radius 3 is 2.63 bits per heavy atom. The molecule has 0 bridgehead atoms. The van der Waals surface area contributed by atoms with Crippen molar-refractivity contribution < 1.29 is 28.1 Å². The van der Waals surface area contributed by atoms with E-state index >= 15 is 0 Å². The van der Waals surface area contributed by atoms with Crippen LogP contribution in [0, 0.1) is 0 Å². The van der Waals surface area contributed by atoms with Crippen LogP contribution in [0.4, 0.5) is 8.78 Å². The van der Waals surface area contributed by atoms with Crippen LogP contribution in [0.25, 0.3) is 0 Å². The topological polar surface area (TPSA) is 47.9 Å². The number of rotatable bonds is 9. The Morgan fingerprint density at radius 1 is 1.11 bits per heavy atom. The lowest BCUT2D eigenvalue weighted by atomic mass is 10.0. The molecule has 1 N–H and O–H groups in total. The molecule has 1 aliphatic rings. The van der Waals surface area contributed by atoms with E-state index in [4.69, 9.17) is 9.47 Å². The summed E-state index contributed by atoms with van der Waals surface area (Å²) in [6, 6.07) is 14.7. The number of aryl methyl sites for hydroxylation is 1. The molecule has 2 atom stereocenters. The third-order valence-corrected chi connectivity index (χ3v) is 4.54. The Balaban J connectivity index is 1.64. The van der Waals surface area contributed by atoms with Gasteiger partial charge in [-0.25, -0.2) is 0 Å². The molecule has 2 aromatic carbocycles. The number of hydrogen-bond acceptors (Lipinski definition) is 4. The van der Waals surface area contributed by atoms with Crippen molar-refractivity contribution in [3.8, 4) is 11.5 Å². The minimum absolute atomic E-state index is 0.0304. The summed E-state index contributed by atoms with van der Waals surface area (Å²) in [5.41, 5.74) is 1.84. The fourth-order valence-electron chi connectivity index (χ4n) is 3.11. The third-order valence-electron chi connectivity index (χ3n) is 4.54. The van der Waals surface area contributed by atoms with Crippen molar-refractivity contribution in [2.24, 2.45) is 0 Å². The molecular weight excluding hydrogens is 354 g/mol. The van der Waals surface area contributed by atoms with Gasteiger partial charge in [-0.05, 0) is 42.5 Å². The van der Waals surface area contributed by atoms with E-state index in [1.807, 2.05) is 18.2 Å². The molecule has 1 saturated heterocycles. The average Bonchev–Trinajstić information content (AvgIpc) is 3.16. The van der Waals surface area contributed by atoms with E-state index in [1.165, 1.54) is 11.6 Å². The van der Waals surface area contributed by atoms with Gasteiger partial charge in [0.25, 0.3) is 0 Å². The Bertz CT molecular complexity index is 703. The quantitative estimate of drug-likeness (QED) is 0.697. The molecule has 146 valence electrons. The molecule has 27 heavy (non-hydrogen) atoms. The van der Waals surface area contributed by atoms with Gasteiger partial charge in [-0.1, -0.05) is 36.4 Å². The van der Waals surface area contributed by atoms with Crippen molar-refractivity contribution in [3.05, 3.63) is 59.7 Å². The summed E-state index contributed by atoms with van der Waals surface area (Å²) in [5.74, 6) is 0.183. The lowest BCUT2D eigenvalue weighted by Crippen LogP contribution is -2.17. The molecule has 0 spiro atoms. The third kappa shape index (κ3) is 5.91. The van der Waals surface area contributed by atoms with Gasteiger partial charge in [-0.15, -0.1) is 0 Å². The van der Waals surface area contributed by atoms with Crippen molar-refractivity contribution in [2.75, 3.05) is 13.2 Å². The number of halogens is 2. The maximum Gasteiger partial charge on any atom is 0.387 e. The highest BCUT2D eigenvalue weighted by Gasteiger charge is 2.21. The van der Waals surface area contributed by atoms with Gasteiger partial charge in [-0.3, -0.25) is 0 Å². The summed E-state index contributed by atoms with van der Waals surface area (Å²) in [5, 5.41) is 10.5. The molecule has 6 heteroatoms. The van der Waals surface area contributed by atoms with Crippen LogP contribution >= 0.6 is 0 Å². The van der Waals surface area contributed by atoms with Gasteiger partial charge in [0.15, 0.2) is 11.5 Å². The van der Waals surface area contributed by atoms with E-state index in [2.05, 4.69) is 16.9 Å². The van der Waals surface area contributed by atoms with Gasteiger partial charge in [-0.2, -0.15) is 8.78 Å². The highest BCUT2D eigenvalue weighted by atomic mass is 19.3. The van der Waals surface area contributed by atoms with E-state index in [9.17, 15) is 13.9 Å². The number of aliphatic hydroxyl groups excluding tert-OH is 1. The zero-order valence-electron chi connectivity index (χ0n) is 15.0. The van der Waals surface area contributed by atoms with Crippen LogP contribution in [0.15, 0.2) is 48.5 Å². The molecule has 0 aromatic heterocycles. The minimum atomic E-state index is -2.94. The first-order chi connectivity index (χ1) is 13.1. The lowest BCUT2D eigenvalue weighted by Gasteiger charge is -2.18. The van der Waals surface area contributed by atoms with E-state index in [-0.39, 0.29) is 17.6 Å². The molecular formula is C21H24F2O4. The van der Waals surface area contributed by atoms with E-state index in [1.54, 1.807) is 12.1 Å². The Labute approximate surface area is 157 Å². The van der Waals surface area contributed by atoms with Gasteiger partial charge >= 0.3 is 6.61 Å². The summed E-state index contributed by atoms with van der Waals surface area (Å²) >= 11 is 0. The van der Waals surface area contributed by atoms with Crippen LogP contribution in [0.1, 0.15) is 36.5 Å². The summed E-state index contributed by atoms with van der Waals surface area (Å²) in [7, 11) is 0. The van der Waals surface area contributed by atoms with Crippen molar-refractivity contribution in [1.29, 1.82) is 0 Å². The van der Waals surface area contributed by atoms with Crippen molar-refractivity contribution in [3.63, 3.8) is 0 Å². The van der Waals surface area contributed by atoms with Crippen LogP contribution in [0.5, 0.6) is 11.5 Å². The van der Waals surface area contributed by atoms with Gasteiger partial charge in [0, 0.05) is 6.42 Å². The zero-order valence-corrected chi connectivity index (χ0v) is 15.0. The number of aliphatic hydroxyl groups is 1. The monoisotopic (exact) mass is 378 g/mol. The SMILES string of the molecule is OC(CCCc1ccccc1)c1ccc(OC(F)F)c(OC2CCOC2)c1. The molecule has 4 nitrogen and oxygen atoms in total. The largest absolute Gasteiger partial charge is 0.484 e. The zero-order chi connectivity index (χ0) is 19.1. The highest BCUT2D eigenvalue weighted by molar-refractivity contribution is 5.44. The van der Waals surface area contributed by atoms with E-state index in [0.717, 1.165) is 12.8 Å². The molecule has 0 aliphatic carbocycles. The number of benzene rings is 2. The second-order valence-electron chi connectivity index (χ2n) is 6.58. The standard InChI is InChI=1S/C21H24F2O4/c22-21(23)27-19-10-9-16(13-20(19)26-17-11-12-25-14-17)18(24)8-4-7-15-5-2-1-3-6-15/h1-3,5-6,9-10,13,17-18,21,24H,4,7-8,11-12,14H2. The first kappa shape index (κ1) is 19.6. The van der Waals surface area contributed by atoms with Crippen molar-refractivity contribution in [1.82, 2.24) is 0 Å². The van der Waals surface area contributed by atoms with Crippen molar-refractivity contribution in [2.45, 2.75) is 44.5 Å².